The van der Waals surface area contributed by atoms with Gasteiger partial charge in [-0.3, -0.25) is 14.4 Å². The summed E-state index contributed by atoms with van der Waals surface area (Å²) in [5.41, 5.74) is 7.29. The molecular weight excluding hydrogens is 833 g/mol. The molecule has 4 amide bonds. The van der Waals surface area contributed by atoms with Crippen molar-refractivity contribution in [2.75, 3.05) is 13.7 Å². The number of alkyl carbamates (subject to hydrolysis) is 1. The van der Waals surface area contributed by atoms with Gasteiger partial charge in [-0.25, -0.2) is 14.8 Å². The van der Waals surface area contributed by atoms with Crippen LogP contribution in [0.2, 0.25) is 0 Å². The van der Waals surface area contributed by atoms with Crippen molar-refractivity contribution in [3.8, 4) is 22.4 Å². The van der Waals surface area contributed by atoms with Gasteiger partial charge in [-0.2, -0.15) is 0 Å². The number of methoxy groups -OCH3 is 1. The molecular formula is C52H58N8O6. The molecule has 2 aliphatic heterocycles. The fourth-order valence-corrected chi connectivity index (χ4v) is 11.1. The molecule has 342 valence electrons. The second kappa shape index (κ2) is 16.7. The third-order valence-electron chi connectivity index (χ3n) is 14.5. The lowest BCUT2D eigenvalue weighted by atomic mass is 9.83. The van der Waals surface area contributed by atoms with Gasteiger partial charge in [0.25, 0.3) is 5.91 Å². The molecule has 7 atom stereocenters. The number of ether oxygens (including phenoxy) is 1. The molecule has 6 aromatic rings. The molecule has 14 nitrogen and oxygen atoms in total. The van der Waals surface area contributed by atoms with E-state index in [0.717, 1.165) is 100 Å². The molecule has 2 aliphatic carbocycles. The minimum Gasteiger partial charge on any atom is -0.453 e. The number of aromatic nitrogens is 4. The molecule has 14 heteroatoms. The van der Waals surface area contributed by atoms with Crippen LogP contribution < -0.4 is 10.6 Å². The van der Waals surface area contributed by atoms with E-state index in [-0.39, 0.29) is 41.8 Å². The summed E-state index contributed by atoms with van der Waals surface area (Å²) in [5, 5.41) is 18.2. The molecule has 66 heavy (non-hydrogen) atoms. The van der Waals surface area contributed by atoms with E-state index in [0.29, 0.717) is 18.0 Å². The molecule has 0 radical (unpaired) electrons. The van der Waals surface area contributed by atoms with Gasteiger partial charge in [0, 0.05) is 23.5 Å². The molecule has 4 aromatic carbocycles. The van der Waals surface area contributed by atoms with Crippen LogP contribution in [0.5, 0.6) is 0 Å². The van der Waals surface area contributed by atoms with Crippen LogP contribution in [0.4, 0.5) is 4.79 Å². The van der Waals surface area contributed by atoms with E-state index in [1.54, 1.807) is 0 Å². The number of nitrogens with zero attached hydrogens (tertiary/aromatic N) is 4. The van der Waals surface area contributed by atoms with Crippen LogP contribution in [0, 0.1) is 11.8 Å². The van der Waals surface area contributed by atoms with Crippen LogP contribution in [-0.4, -0.2) is 90.0 Å². The Bertz CT molecular complexity index is 2880. The van der Waals surface area contributed by atoms with Gasteiger partial charge in [-0.1, -0.05) is 87.5 Å². The smallest absolute Gasteiger partial charge is 0.407 e. The number of carbonyl (C=O) groups is 4. The summed E-state index contributed by atoms with van der Waals surface area (Å²) >= 11 is 0. The highest BCUT2D eigenvalue weighted by molar-refractivity contribution is 6.05. The number of imidazole rings is 2. The molecule has 1 saturated carbocycles. The lowest BCUT2D eigenvalue weighted by Crippen LogP contribution is -2.54. The highest BCUT2D eigenvalue weighted by Gasteiger charge is 2.51. The van der Waals surface area contributed by atoms with Gasteiger partial charge in [0.1, 0.15) is 29.3 Å². The molecule has 1 unspecified atom stereocenters. The Labute approximate surface area is 383 Å². The predicted molar refractivity (Wildman–Crippen MR) is 251 cm³/mol. The summed E-state index contributed by atoms with van der Waals surface area (Å²) in [6.45, 7) is 9.46. The number of piperidine rings is 1. The van der Waals surface area contributed by atoms with E-state index in [9.17, 15) is 24.3 Å². The molecule has 5 N–H and O–H groups in total. The monoisotopic (exact) mass is 890 g/mol. The van der Waals surface area contributed by atoms with E-state index in [1.165, 1.54) is 26.5 Å². The first-order valence-electron chi connectivity index (χ1n) is 23.4. The number of H-pyrrole nitrogens is 2. The zero-order valence-corrected chi connectivity index (χ0v) is 38.4. The van der Waals surface area contributed by atoms with Crippen molar-refractivity contribution in [3.63, 3.8) is 0 Å². The Morgan fingerprint density at radius 2 is 1.65 bits per heavy atom. The standard InChI is InChI=1S/C52H58N8O6/c1-27(2)41(58-51(64)66-6)49(62)60-34-18-14-33(25-34)45(60)47-53-38-21-17-32-24-30(15-19-35(32)43(38)56-47)31-16-20-36-37(26-31)28(3)23-39-44(36)55-46(54-39)40-13-10-22-59(40)48(61)42(29-11-8-7-9-12-29)57-50(63)52(4,5)65/h7-9,11-12,15-17,19-21,24,26-28,33-34,40-42,45,65H,10,13-14,18,22-23,25H2,1-6H3,(H,53,56)(H,54,55)(H,57,63)(H,58,64)/t28?,33-,34+,40-,41-,42+,45-/m0/s1. The molecule has 2 aromatic heterocycles. The highest BCUT2D eigenvalue weighted by atomic mass is 16.5. The SMILES string of the molecule is COC(=O)N[C@H](C(=O)N1[C@@H]2CC[C@@H](C2)[C@H]1c1nc2ccc3cc(-c4ccc5c(c4)C(C)Cc4nc([C@@H]6CCCN6C(=O)[C@H](NC(=O)C(C)(C)O)c6ccccc6)[nH]c4-5)ccc3c2[nH]1)C(C)C. The van der Waals surface area contributed by atoms with Gasteiger partial charge in [-0.05, 0) is 110 Å². The van der Waals surface area contributed by atoms with Gasteiger partial charge in [-0.15, -0.1) is 0 Å². The number of hydrogen-bond donors (Lipinski definition) is 5. The number of carbonyl (C=O) groups excluding carboxylic acids is 4. The molecule has 0 spiro atoms. The molecule has 3 fully saturated rings. The number of rotatable bonds is 10. The van der Waals surface area contributed by atoms with Crippen molar-refractivity contribution >= 4 is 45.6 Å². The van der Waals surface area contributed by atoms with Crippen LogP contribution in [0.3, 0.4) is 0 Å². The number of amides is 4. The number of hydrogen-bond acceptors (Lipinski definition) is 8. The first-order chi connectivity index (χ1) is 31.7. The summed E-state index contributed by atoms with van der Waals surface area (Å²) in [5.74, 6) is 0.967. The van der Waals surface area contributed by atoms with Gasteiger partial charge in [0.2, 0.25) is 11.8 Å². The Hall–Kier alpha value is -6.54. The topological polar surface area (TPSA) is 186 Å². The normalized spacial score (nSPS) is 22.1. The van der Waals surface area contributed by atoms with Crippen LogP contribution in [0.1, 0.15) is 119 Å². The molecule has 4 heterocycles. The summed E-state index contributed by atoms with van der Waals surface area (Å²) in [7, 11) is 1.31. The number of aromatic amines is 2. The fourth-order valence-electron chi connectivity index (χ4n) is 11.1. The predicted octanol–water partition coefficient (Wildman–Crippen LogP) is 8.16. The average molecular weight is 891 g/mol. The average Bonchev–Trinajstić information content (AvgIpc) is 4.17. The summed E-state index contributed by atoms with van der Waals surface area (Å²) in [4.78, 5) is 75.1. The second-order valence-corrected chi connectivity index (χ2v) is 19.7. The van der Waals surface area contributed by atoms with Crippen LogP contribution >= 0.6 is 0 Å². The van der Waals surface area contributed by atoms with Crippen LogP contribution in [0.25, 0.3) is 44.2 Å². The van der Waals surface area contributed by atoms with Crippen molar-refractivity contribution in [2.24, 2.45) is 11.8 Å². The van der Waals surface area contributed by atoms with Crippen molar-refractivity contribution in [2.45, 2.75) is 115 Å². The maximum absolute atomic E-state index is 14.3. The molecule has 2 saturated heterocycles. The van der Waals surface area contributed by atoms with E-state index < -0.39 is 29.7 Å². The quantitative estimate of drug-likeness (QED) is 0.0912. The Morgan fingerprint density at radius 1 is 0.879 bits per heavy atom. The van der Waals surface area contributed by atoms with E-state index in [1.807, 2.05) is 54.0 Å². The van der Waals surface area contributed by atoms with Crippen LogP contribution in [-0.2, 0) is 25.5 Å². The summed E-state index contributed by atoms with van der Waals surface area (Å²) in [6, 6.07) is 24.5. The Kier molecular flexibility index (Phi) is 11.0. The minimum atomic E-state index is -1.65. The second-order valence-electron chi connectivity index (χ2n) is 19.7. The number of benzene rings is 4. The van der Waals surface area contributed by atoms with Gasteiger partial charge in [0.05, 0.1) is 41.6 Å². The number of fused-ring (bicyclic) bond motifs is 8. The van der Waals surface area contributed by atoms with E-state index in [4.69, 9.17) is 14.7 Å². The van der Waals surface area contributed by atoms with E-state index in [2.05, 4.69) is 76.1 Å². The van der Waals surface area contributed by atoms with Gasteiger partial charge >= 0.3 is 6.09 Å². The van der Waals surface area contributed by atoms with Crippen molar-refractivity contribution in [1.82, 2.24) is 40.4 Å². The van der Waals surface area contributed by atoms with Gasteiger partial charge in [0.15, 0.2) is 0 Å². The largest absolute Gasteiger partial charge is 0.453 e. The zero-order valence-electron chi connectivity index (χ0n) is 38.4. The van der Waals surface area contributed by atoms with Crippen molar-refractivity contribution in [1.29, 1.82) is 0 Å². The maximum Gasteiger partial charge on any atom is 0.407 e. The minimum absolute atomic E-state index is 0.0942. The van der Waals surface area contributed by atoms with Crippen molar-refractivity contribution < 1.29 is 29.0 Å². The van der Waals surface area contributed by atoms with Crippen LogP contribution in [0.15, 0.2) is 78.9 Å². The summed E-state index contributed by atoms with van der Waals surface area (Å²) < 4.78 is 4.87. The maximum atomic E-state index is 14.3. The number of likely N-dealkylation sites (tertiary alicyclic amines) is 2. The lowest BCUT2D eigenvalue weighted by molar-refractivity contribution is -0.143. The highest BCUT2D eigenvalue weighted by Crippen LogP contribution is 2.51. The Morgan fingerprint density at radius 3 is 2.41 bits per heavy atom. The third-order valence-corrected chi connectivity index (χ3v) is 14.5. The first-order valence-corrected chi connectivity index (χ1v) is 23.4. The van der Waals surface area contributed by atoms with E-state index >= 15 is 0 Å². The fraction of sp³-hybridized carbons (Fsp3) is 0.423. The zero-order chi connectivity index (χ0) is 46.2. The first kappa shape index (κ1) is 43.4. The molecule has 10 rings (SSSR count). The third kappa shape index (κ3) is 7.58. The van der Waals surface area contributed by atoms with Gasteiger partial charge < -0.3 is 40.2 Å². The Balaban J connectivity index is 0.911. The molecule has 4 aliphatic rings. The van der Waals surface area contributed by atoms with Crippen molar-refractivity contribution in [3.05, 3.63) is 107 Å². The lowest BCUT2D eigenvalue weighted by Gasteiger charge is -2.37. The summed E-state index contributed by atoms with van der Waals surface area (Å²) in [6.07, 6.45) is 4.58. The number of nitrogens with one attached hydrogen (secondary N) is 4. The molecule has 2 bridgehead atoms. The number of aliphatic hydroxyl groups is 1.